The largest absolute Gasteiger partial charge is 0.478 e. The number of hydrogen-bond acceptors (Lipinski definition) is 6. The summed E-state index contributed by atoms with van der Waals surface area (Å²) < 4.78 is 40.4. The second-order valence-corrected chi connectivity index (χ2v) is 7.85. The minimum Gasteiger partial charge on any atom is -0.478 e. The highest BCUT2D eigenvalue weighted by Crippen LogP contribution is 2.37. The summed E-state index contributed by atoms with van der Waals surface area (Å²) in [6.07, 6.45) is -2.85. The van der Waals surface area contributed by atoms with Crippen LogP contribution < -0.4 is 21.3 Å². The third-order valence-electron chi connectivity index (χ3n) is 5.40. The highest BCUT2D eigenvalue weighted by molar-refractivity contribution is 5.98. The van der Waals surface area contributed by atoms with Crippen LogP contribution in [0.1, 0.15) is 38.8 Å². The van der Waals surface area contributed by atoms with Gasteiger partial charge in [0.25, 0.3) is 0 Å². The molecule has 0 aliphatic rings. The Morgan fingerprint density at radius 2 is 1.46 bits per heavy atom. The molecule has 8 nitrogen and oxygen atoms in total. The van der Waals surface area contributed by atoms with E-state index in [1.165, 1.54) is 30.3 Å². The van der Waals surface area contributed by atoms with Crippen molar-refractivity contribution in [2.24, 2.45) is 0 Å². The number of nitrogens with one attached hydrogen (secondary N) is 4. The molecule has 0 aromatic heterocycles. The molecule has 0 radical (unpaired) electrons. The van der Waals surface area contributed by atoms with Gasteiger partial charge in [0.1, 0.15) is 0 Å². The lowest BCUT2D eigenvalue weighted by atomic mass is 10.1. The van der Waals surface area contributed by atoms with Crippen molar-refractivity contribution < 1.29 is 33.0 Å². The van der Waals surface area contributed by atoms with E-state index >= 15 is 0 Å². The Morgan fingerprint density at radius 1 is 0.838 bits per heavy atom. The van der Waals surface area contributed by atoms with Crippen LogP contribution in [0.5, 0.6) is 0 Å². The standard InChI is InChI=1S/C26H25F3N4O4/c1-3-23(30-2)31-14-15-8-10-20(18(12-15)25(36)37)33-22-13-16(26(27,28)29)9-11-21(22)32-19-7-5-4-6-17(19)24(34)35/h3-13,30-33H,14H2,1-2H3,(H,34,35)(H,36,37)/b23-3-. The van der Waals surface area contributed by atoms with Gasteiger partial charge in [0.2, 0.25) is 0 Å². The van der Waals surface area contributed by atoms with E-state index in [1.807, 2.05) is 6.92 Å². The molecule has 0 bridgehead atoms. The lowest BCUT2D eigenvalue weighted by molar-refractivity contribution is -0.137. The van der Waals surface area contributed by atoms with Crippen LogP contribution in [0.2, 0.25) is 0 Å². The summed E-state index contributed by atoms with van der Waals surface area (Å²) in [5.41, 5.74) is -0.318. The van der Waals surface area contributed by atoms with Crippen molar-refractivity contribution in [2.75, 3.05) is 17.7 Å². The third-order valence-corrected chi connectivity index (χ3v) is 5.40. The first-order valence-electron chi connectivity index (χ1n) is 11.0. The summed E-state index contributed by atoms with van der Waals surface area (Å²) in [6.45, 7) is 2.13. The Balaban J connectivity index is 2.02. The van der Waals surface area contributed by atoms with Crippen molar-refractivity contribution in [1.82, 2.24) is 10.6 Å². The first-order valence-corrected chi connectivity index (χ1v) is 11.0. The molecule has 0 spiro atoms. The van der Waals surface area contributed by atoms with Crippen molar-refractivity contribution >= 4 is 34.7 Å². The Bertz CT molecular complexity index is 1340. The Kier molecular flexibility index (Phi) is 8.28. The molecule has 0 unspecified atom stereocenters. The third kappa shape index (κ3) is 6.72. The fourth-order valence-corrected chi connectivity index (χ4v) is 3.52. The average Bonchev–Trinajstić information content (AvgIpc) is 2.85. The zero-order valence-electron chi connectivity index (χ0n) is 19.9. The monoisotopic (exact) mass is 514 g/mol. The molecule has 6 N–H and O–H groups in total. The molecular weight excluding hydrogens is 489 g/mol. The van der Waals surface area contributed by atoms with Crippen molar-refractivity contribution in [1.29, 1.82) is 0 Å². The van der Waals surface area contributed by atoms with Crippen LogP contribution in [0.3, 0.4) is 0 Å². The number of carboxylic acid groups (broad SMARTS) is 2. The van der Waals surface area contributed by atoms with Crippen molar-refractivity contribution in [3.8, 4) is 0 Å². The summed E-state index contributed by atoms with van der Waals surface area (Å²) in [7, 11) is 1.73. The molecule has 0 saturated heterocycles. The molecule has 0 aliphatic heterocycles. The SMILES string of the molecule is C/C=C(/NC)NCc1ccc(Nc2cc(C(F)(F)F)ccc2Nc2ccccc2C(=O)O)c(C(=O)O)c1. The minimum absolute atomic E-state index is 0.0602. The number of rotatable bonds is 10. The maximum Gasteiger partial charge on any atom is 0.416 e. The van der Waals surface area contributed by atoms with Crippen molar-refractivity contribution in [3.05, 3.63) is 94.8 Å². The van der Waals surface area contributed by atoms with E-state index in [9.17, 15) is 33.0 Å². The normalized spacial score (nSPS) is 11.5. The van der Waals surface area contributed by atoms with Gasteiger partial charge >= 0.3 is 18.1 Å². The van der Waals surface area contributed by atoms with Gasteiger partial charge in [-0.2, -0.15) is 13.2 Å². The second kappa shape index (κ2) is 11.4. The summed E-state index contributed by atoms with van der Waals surface area (Å²) in [4.78, 5) is 23.6. The van der Waals surface area contributed by atoms with Crippen LogP contribution >= 0.6 is 0 Å². The maximum atomic E-state index is 13.5. The zero-order chi connectivity index (χ0) is 27.2. The number of halogens is 3. The van der Waals surface area contributed by atoms with Gasteiger partial charge in [-0.15, -0.1) is 0 Å². The molecule has 37 heavy (non-hydrogen) atoms. The predicted octanol–water partition coefficient (Wildman–Crippen LogP) is 5.76. The molecule has 3 aromatic carbocycles. The van der Waals surface area contributed by atoms with E-state index in [0.717, 1.165) is 24.0 Å². The van der Waals surface area contributed by atoms with Crippen LogP contribution in [0, 0.1) is 0 Å². The summed E-state index contributed by atoms with van der Waals surface area (Å²) in [6, 6.07) is 13.3. The number of anilines is 4. The topological polar surface area (TPSA) is 123 Å². The van der Waals surface area contributed by atoms with Crippen molar-refractivity contribution in [2.45, 2.75) is 19.6 Å². The molecule has 0 heterocycles. The lowest BCUT2D eigenvalue weighted by Gasteiger charge is -2.19. The zero-order valence-corrected chi connectivity index (χ0v) is 19.9. The van der Waals surface area contributed by atoms with Crippen molar-refractivity contribution in [3.63, 3.8) is 0 Å². The van der Waals surface area contributed by atoms with Crippen LogP contribution in [-0.2, 0) is 12.7 Å². The molecule has 3 aromatic rings. The van der Waals surface area contributed by atoms with Crippen LogP contribution in [0.25, 0.3) is 0 Å². The molecule has 0 aliphatic carbocycles. The van der Waals surface area contributed by atoms with E-state index in [0.29, 0.717) is 12.1 Å². The number of hydrogen-bond donors (Lipinski definition) is 6. The molecule has 0 saturated carbocycles. The fraction of sp³-hybridized carbons (Fsp3) is 0.154. The molecule has 11 heteroatoms. The number of allylic oxidation sites excluding steroid dienone is 1. The number of benzene rings is 3. The quantitative estimate of drug-likeness (QED) is 0.202. The lowest BCUT2D eigenvalue weighted by Crippen LogP contribution is -2.22. The van der Waals surface area contributed by atoms with Gasteiger partial charge in [0.05, 0.1) is 45.3 Å². The fourth-order valence-electron chi connectivity index (χ4n) is 3.52. The highest BCUT2D eigenvalue weighted by Gasteiger charge is 2.31. The molecular formula is C26H25F3N4O4. The number of para-hydroxylation sites is 1. The Hall–Kier alpha value is -4.67. The first kappa shape index (κ1) is 26.9. The van der Waals surface area contributed by atoms with Gasteiger partial charge in [-0.05, 0) is 61.0 Å². The average molecular weight is 515 g/mol. The van der Waals surface area contributed by atoms with E-state index in [-0.39, 0.29) is 33.9 Å². The Morgan fingerprint density at radius 3 is 2.08 bits per heavy atom. The molecule has 0 amide bonds. The molecule has 194 valence electrons. The predicted molar refractivity (Wildman–Crippen MR) is 134 cm³/mol. The maximum absolute atomic E-state index is 13.5. The van der Waals surface area contributed by atoms with E-state index in [1.54, 1.807) is 25.3 Å². The van der Waals surface area contributed by atoms with Crippen LogP contribution in [0.15, 0.2) is 72.6 Å². The van der Waals surface area contributed by atoms with E-state index < -0.39 is 23.7 Å². The smallest absolute Gasteiger partial charge is 0.416 e. The van der Waals surface area contributed by atoms with Gasteiger partial charge in [-0.3, -0.25) is 0 Å². The molecule has 0 fully saturated rings. The van der Waals surface area contributed by atoms with Gasteiger partial charge in [0, 0.05) is 13.6 Å². The Labute approximate surface area is 210 Å². The molecule has 3 rings (SSSR count). The summed E-state index contributed by atoms with van der Waals surface area (Å²) >= 11 is 0. The van der Waals surface area contributed by atoms with Gasteiger partial charge in [-0.25, -0.2) is 9.59 Å². The molecule has 0 atom stereocenters. The van der Waals surface area contributed by atoms with Crippen LogP contribution in [0.4, 0.5) is 35.9 Å². The number of carboxylic acids is 2. The summed E-state index contributed by atoms with van der Waals surface area (Å²) in [5.74, 6) is -1.76. The van der Waals surface area contributed by atoms with Gasteiger partial charge in [-0.1, -0.05) is 18.2 Å². The van der Waals surface area contributed by atoms with Gasteiger partial charge < -0.3 is 31.5 Å². The number of carbonyl (C=O) groups is 2. The summed E-state index contributed by atoms with van der Waals surface area (Å²) in [5, 5.41) is 30.9. The van der Waals surface area contributed by atoms with E-state index in [2.05, 4.69) is 21.3 Å². The number of alkyl halides is 3. The minimum atomic E-state index is -4.66. The van der Waals surface area contributed by atoms with Crippen LogP contribution in [-0.4, -0.2) is 29.2 Å². The van der Waals surface area contributed by atoms with E-state index in [4.69, 9.17) is 0 Å². The number of aromatic carboxylic acids is 2. The highest BCUT2D eigenvalue weighted by atomic mass is 19.4. The van der Waals surface area contributed by atoms with Gasteiger partial charge in [0.15, 0.2) is 0 Å². The second-order valence-electron chi connectivity index (χ2n) is 7.85. The first-order chi connectivity index (χ1) is 17.5.